The largest absolute Gasteiger partial charge is 0.508 e. The Balaban J connectivity index is 3.09. The summed E-state index contributed by atoms with van der Waals surface area (Å²) >= 11 is 2.06. The molecule has 0 aliphatic rings. The van der Waals surface area contributed by atoms with E-state index >= 15 is 0 Å². The average molecular weight is 262 g/mol. The zero-order valence-electron chi connectivity index (χ0n) is 5.66. The van der Waals surface area contributed by atoms with Crippen LogP contribution >= 0.6 is 22.6 Å². The first-order chi connectivity index (χ1) is 5.24. The second-order valence-electron chi connectivity index (χ2n) is 2.04. The summed E-state index contributed by atoms with van der Waals surface area (Å²) < 4.78 is 1.80. The first-order valence-corrected chi connectivity index (χ1v) is 4.27. The number of halogens is 1. The lowest BCUT2D eigenvalue weighted by Crippen LogP contribution is -1.72. The van der Waals surface area contributed by atoms with Crippen molar-refractivity contribution in [3.8, 4) is 11.5 Å². The van der Waals surface area contributed by atoms with E-state index in [0.29, 0.717) is 5.56 Å². The maximum Gasteiger partial charge on any atom is 0.126 e. The Morgan fingerprint density at radius 2 is 2.00 bits per heavy atom. The lowest BCUT2D eigenvalue weighted by molar-refractivity contribution is 0.450. The molecule has 1 aromatic carbocycles. The van der Waals surface area contributed by atoms with Gasteiger partial charge in [0.05, 0.1) is 0 Å². The molecule has 58 valence electrons. The van der Waals surface area contributed by atoms with Crippen molar-refractivity contribution in [1.82, 2.24) is 0 Å². The van der Waals surface area contributed by atoms with Gasteiger partial charge in [0, 0.05) is 11.6 Å². The number of benzene rings is 1. The molecule has 0 fully saturated rings. The highest BCUT2D eigenvalue weighted by Crippen LogP contribution is 2.23. The Morgan fingerprint density at radius 3 is 2.55 bits per heavy atom. The minimum absolute atomic E-state index is 0.0770. The molecule has 2 nitrogen and oxygen atoms in total. The van der Waals surface area contributed by atoms with E-state index in [0.717, 1.165) is 0 Å². The van der Waals surface area contributed by atoms with E-state index in [1.54, 1.807) is 16.2 Å². The summed E-state index contributed by atoms with van der Waals surface area (Å²) in [5, 5.41) is 18.1. The van der Waals surface area contributed by atoms with Crippen LogP contribution in [0.1, 0.15) is 5.56 Å². The van der Waals surface area contributed by atoms with Crippen LogP contribution in [0.25, 0.3) is 6.08 Å². The van der Waals surface area contributed by atoms with Gasteiger partial charge in [0.2, 0.25) is 0 Å². The lowest BCUT2D eigenvalue weighted by atomic mass is 10.2. The first-order valence-electron chi connectivity index (χ1n) is 3.03. The Kier molecular flexibility index (Phi) is 2.76. The van der Waals surface area contributed by atoms with Crippen molar-refractivity contribution in [3.63, 3.8) is 0 Å². The van der Waals surface area contributed by atoms with E-state index in [9.17, 15) is 5.11 Å². The molecule has 0 radical (unpaired) electrons. The minimum Gasteiger partial charge on any atom is -0.508 e. The van der Waals surface area contributed by atoms with Crippen LogP contribution in [0.3, 0.4) is 0 Å². The summed E-state index contributed by atoms with van der Waals surface area (Å²) in [5.41, 5.74) is 0.706. The fourth-order valence-electron chi connectivity index (χ4n) is 0.741. The van der Waals surface area contributed by atoms with Gasteiger partial charge in [-0.15, -0.1) is 0 Å². The van der Waals surface area contributed by atoms with Crippen LogP contribution in [0.5, 0.6) is 11.5 Å². The van der Waals surface area contributed by atoms with Gasteiger partial charge in [-0.25, -0.2) is 0 Å². The molecule has 2 N–H and O–H groups in total. The van der Waals surface area contributed by atoms with E-state index in [1.165, 1.54) is 12.1 Å². The van der Waals surface area contributed by atoms with Gasteiger partial charge >= 0.3 is 0 Å². The number of rotatable bonds is 1. The topological polar surface area (TPSA) is 40.5 Å². The molecule has 0 bridgehead atoms. The van der Waals surface area contributed by atoms with Gasteiger partial charge in [-0.05, 0) is 22.3 Å². The molecule has 0 amide bonds. The average Bonchev–Trinajstić information content (AvgIpc) is 1.95. The van der Waals surface area contributed by atoms with Crippen molar-refractivity contribution in [3.05, 3.63) is 27.8 Å². The molecule has 0 aliphatic carbocycles. The highest BCUT2D eigenvalue weighted by atomic mass is 127. The molecule has 0 atom stereocenters. The Hall–Kier alpha value is -0.710. The molecule has 0 aliphatic heterocycles. The van der Waals surface area contributed by atoms with Crippen LogP contribution in [0.15, 0.2) is 22.3 Å². The van der Waals surface area contributed by atoms with E-state index in [4.69, 9.17) is 5.11 Å². The van der Waals surface area contributed by atoms with Gasteiger partial charge in [0.25, 0.3) is 0 Å². The van der Waals surface area contributed by atoms with Crippen molar-refractivity contribution in [2.24, 2.45) is 0 Å². The summed E-state index contributed by atoms with van der Waals surface area (Å²) in [7, 11) is 0. The molecule has 0 unspecified atom stereocenters. The number of hydrogen-bond acceptors (Lipinski definition) is 2. The van der Waals surface area contributed by atoms with Gasteiger partial charge in [-0.3, -0.25) is 0 Å². The zero-order chi connectivity index (χ0) is 8.27. The molecule has 0 aromatic heterocycles. The smallest absolute Gasteiger partial charge is 0.126 e. The number of phenols is 2. The van der Waals surface area contributed by atoms with Crippen LogP contribution in [0, 0.1) is 0 Å². The number of phenolic OH excluding ortho intramolecular Hbond substituents is 2. The van der Waals surface area contributed by atoms with Crippen molar-refractivity contribution >= 4 is 28.7 Å². The third-order valence-corrected chi connectivity index (χ3v) is 1.62. The van der Waals surface area contributed by atoms with Crippen LogP contribution in [-0.4, -0.2) is 10.2 Å². The summed E-state index contributed by atoms with van der Waals surface area (Å²) in [6.45, 7) is 0. The van der Waals surface area contributed by atoms with Crippen molar-refractivity contribution in [1.29, 1.82) is 0 Å². The summed E-state index contributed by atoms with van der Waals surface area (Å²) in [6, 6.07) is 4.50. The third kappa shape index (κ3) is 2.11. The molecule has 0 saturated heterocycles. The Bertz CT molecular complexity index is 281. The second kappa shape index (κ2) is 3.61. The minimum atomic E-state index is 0.0770. The highest BCUT2D eigenvalue weighted by molar-refractivity contribution is 14.1. The Labute approximate surface area is 78.3 Å². The first kappa shape index (κ1) is 8.39. The predicted octanol–water partition coefficient (Wildman–Crippen LogP) is 2.50. The van der Waals surface area contributed by atoms with Crippen LogP contribution < -0.4 is 0 Å². The van der Waals surface area contributed by atoms with E-state index in [1.807, 2.05) is 0 Å². The zero-order valence-corrected chi connectivity index (χ0v) is 7.82. The normalized spacial score (nSPS) is 10.6. The van der Waals surface area contributed by atoms with Gasteiger partial charge in [-0.2, -0.15) is 0 Å². The summed E-state index contributed by atoms with van der Waals surface area (Å²) in [6.07, 6.45) is 1.76. The van der Waals surface area contributed by atoms with E-state index in [-0.39, 0.29) is 11.5 Å². The predicted molar refractivity (Wildman–Crippen MR) is 52.8 cm³/mol. The number of hydrogen-bond donors (Lipinski definition) is 2. The van der Waals surface area contributed by atoms with E-state index < -0.39 is 0 Å². The maximum absolute atomic E-state index is 9.21. The van der Waals surface area contributed by atoms with Crippen molar-refractivity contribution in [2.45, 2.75) is 0 Å². The molecule has 0 spiro atoms. The van der Waals surface area contributed by atoms with Gasteiger partial charge in [-0.1, -0.05) is 22.6 Å². The van der Waals surface area contributed by atoms with Crippen LogP contribution in [-0.2, 0) is 0 Å². The molecule has 11 heavy (non-hydrogen) atoms. The lowest BCUT2D eigenvalue weighted by Gasteiger charge is -1.97. The van der Waals surface area contributed by atoms with Gasteiger partial charge in [0.1, 0.15) is 11.5 Å². The Morgan fingerprint density at radius 1 is 1.27 bits per heavy atom. The quantitative estimate of drug-likeness (QED) is 0.763. The molecule has 3 heteroatoms. The maximum atomic E-state index is 9.21. The van der Waals surface area contributed by atoms with Gasteiger partial charge in [0.15, 0.2) is 0 Å². The highest BCUT2D eigenvalue weighted by Gasteiger charge is 1.96. The second-order valence-corrected chi connectivity index (χ2v) is 2.75. The van der Waals surface area contributed by atoms with E-state index in [2.05, 4.69) is 22.6 Å². The summed E-state index contributed by atoms with van der Waals surface area (Å²) in [5.74, 6) is 0.172. The summed E-state index contributed by atoms with van der Waals surface area (Å²) in [4.78, 5) is 0. The van der Waals surface area contributed by atoms with Crippen molar-refractivity contribution < 1.29 is 10.2 Å². The van der Waals surface area contributed by atoms with Crippen LogP contribution in [0.2, 0.25) is 0 Å². The molecule has 0 saturated carbocycles. The fourth-order valence-corrected chi connectivity index (χ4v) is 1.13. The third-order valence-electron chi connectivity index (χ3n) is 1.26. The standard InChI is InChI=1S/C8H7IO2/c9-4-3-6-1-2-7(10)5-8(6)11/h1-5,10-11H. The number of aromatic hydroxyl groups is 2. The van der Waals surface area contributed by atoms with Crippen LogP contribution in [0.4, 0.5) is 0 Å². The fraction of sp³-hybridized carbons (Fsp3) is 0. The monoisotopic (exact) mass is 262 g/mol. The molecular weight excluding hydrogens is 255 g/mol. The van der Waals surface area contributed by atoms with Gasteiger partial charge < -0.3 is 10.2 Å². The van der Waals surface area contributed by atoms with Crippen molar-refractivity contribution in [2.75, 3.05) is 0 Å². The molecule has 0 heterocycles. The molecular formula is C8H7IO2. The molecule has 1 rings (SSSR count). The SMILES string of the molecule is Oc1ccc(C=CI)c(O)c1. The molecule has 1 aromatic rings.